The average molecular weight is 1430 g/mol. The summed E-state index contributed by atoms with van der Waals surface area (Å²) in [6.45, 7) is 4.74. The van der Waals surface area contributed by atoms with E-state index in [-0.39, 0.29) is 25.7 Å². The lowest BCUT2D eigenvalue weighted by Crippen LogP contribution is -2.30. The second-order valence-corrected chi connectivity index (χ2v) is 29.2. The summed E-state index contributed by atoms with van der Waals surface area (Å²) in [5.74, 6) is -2.19. The van der Waals surface area contributed by atoms with E-state index < -0.39 is 97.5 Å². The number of hydrogen-bond acceptors (Lipinski definition) is 15. The Bertz CT molecular complexity index is 2140. The van der Waals surface area contributed by atoms with Crippen LogP contribution in [0.2, 0.25) is 0 Å². The first-order valence-electron chi connectivity index (χ1n) is 39.2. The molecule has 5 atom stereocenters. The first-order valence-corrected chi connectivity index (χ1v) is 42.2. The molecule has 3 N–H and O–H groups in total. The Hall–Kier alpha value is -3.50. The molecule has 0 aliphatic carbocycles. The molecule has 0 radical (unpaired) electrons. The highest BCUT2D eigenvalue weighted by Gasteiger charge is 2.30. The number of carbonyl (C=O) groups is 4. The van der Waals surface area contributed by atoms with E-state index in [0.29, 0.717) is 25.7 Å². The van der Waals surface area contributed by atoms with Crippen molar-refractivity contribution in [2.75, 3.05) is 39.6 Å². The molecular weight excluding hydrogens is 1280 g/mol. The number of carbonyl (C=O) groups excluding carboxylic acids is 4. The number of phosphoric acid groups is 2. The van der Waals surface area contributed by atoms with E-state index in [4.69, 9.17) is 37.0 Å². The van der Waals surface area contributed by atoms with Gasteiger partial charge >= 0.3 is 39.5 Å². The molecule has 0 aliphatic heterocycles. The summed E-state index contributed by atoms with van der Waals surface area (Å²) in [6.07, 6.45) is 71.7. The third-order valence-electron chi connectivity index (χ3n) is 16.6. The fraction of sp³-hybridized carbons (Fsp3) is 0.797. The van der Waals surface area contributed by atoms with E-state index in [9.17, 15) is 43.2 Å². The smallest absolute Gasteiger partial charge is 0.462 e. The van der Waals surface area contributed by atoms with Crippen LogP contribution in [0.25, 0.3) is 0 Å². The number of allylic oxidation sites excluding steroid dienone is 12. The van der Waals surface area contributed by atoms with Gasteiger partial charge in [0.15, 0.2) is 12.2 Å². The van der Waals surface area contributed by atoms with Crippen LogP contribution >= 0.6 is 15.6 Å². The topological polar surface area (TPSA) is 237 Å². The van der Waals surface area contributed by atoms with Crippen LogP contribution in [0.5, 0.6) is 0 Å². The van der Waals surface area contributed by atoms with Gasteiger partial charge in [0, 0.05) is 25.7 Å². The maximum atomic E-state index is 13.1. The van der Waals surface area contributed by atoms with E-state index >= 15 is 0 Å². The van der Waals surface area contributed by atoms with Crippen LogP contribution in [0.3, 0.4) is 0 Å². The quantitative estimate of drug-likeness (QED) is 0.0169. The van der Waals surface area contributed by atoms with Gasteiger partial charge in [0.1, 0.15) is 19.3 Å². The number of rotatable bonds is 74. The highest BCUT2D eigenvalue weighted by Crippen LogP contribution is 2.45. The van der Waals surface area contributed by atoms with E-state index in [0.717, 1.165) is 180 Å². The molecule has 0 heterocycles. The predicted octanol–water partition coefficient (Wildman–Crippen LogP) is 22.4. The summed E-state index contributed by atoms with van der Waals surface area (Å²) in [5, 5.41) is 10.6. The van der Waals surface area contributed by atoms with Crippen LogP contribution < -0.4 is 0 Å². The molecule has 0 aromatic heterocycles. The van der Waals surface area contributed by atoms with E-state index in [1.807, 2.05) is 0 Å². The van der Waals surface area contributed by atoms with Crippen molar-refractivity contribution in [3.63, 3.8) is 0 Å². The number of unbranched alkanes of at least 4 members (excludes halogenated alkanes) is 36. The number of esters is 4. The van der Waals surface area contributed by atoms with E-state index in [1.54, 1.807) is 0 Å². The summed E-state index contributed by atoms with van der Waals surface area (Å²) in [4.78, 5) is 72.9. The molecule has 0 saturated carbocycles. The summed E-state index contributed by atoms with van der Waals surface area (Å²) in [6, 6.07) is 0. The van der Waals surface area contributed by atoms with Crippen molar-refractivity contribution >= 4 is 39.5 Å². The van der Waals surface area contributed by atoms with Gasteiger partial charge in [-0.3, -0.25) is 37.3 Å². The van der Waals surface area contributed by atoms with Gasteiger partial charge in [-0.1, -0.05) is 261 Å². The van der Waals surface area contributed by atoms with Crippen molar-refractivity contribution in [2.45, 2.75) is 367 Å². The summed E-state index contributed by atoms with van der Waals surface area (Å²) in [5.41, 5.74) is 0. The Morgan fingerprint density at radius 3 is 0.837 bits per heavy atom. The lowest BCUT2D eigenvalue weighted by molar-refractivity contribution is -0.161. The Labute approximate surface area is 596 Å². The number of aliphatic hydroxyl groups is 1. The molecule has 0 amide bonds. The largest absolute Gasteiger partial charge is 0.472 e. The van der Waals surface area contributed by atoms with Crippen LogP contribution in [0, 0.1) is 0 Å². The molecule has 0 aromatic rings. The average Bonchev–Trinajstić information content (AvgIpc) is 0.969. The van der Waals surface area contributed by atoms with Crippen LogP contribution in [0.1, 0.15) is 349 Å². The first-order chi connectivity index (χ1) is 47.7. The molecule has 98 heavy (non-hydrogen) atoms. The van der Waals surface area contributed by atoms with E-state index in [1.165, 1.54) is 89.9 Å². The number of aliphatic hydroxyl groups excluding tert-OH is 1. The van der Waals surface area contributed by atoms with Crippen molar-refractivity contribution in [3.05, 3.63) is 72.9 Å². The summed E-state index contributed by atoms with van der Waals surface area (Å²) < 4.78 is 68.5. The molecule has 0 aliphatic rings. The maximum Gasteiger partial charge on any atom is 0.472 e. The Morgan fingerprint density at radius 1 is 0.296 bits per heavy atom. The summed E-state index contributed by atoms with van der Waals surface area (Å²) >= 11 is 0. The number of ether oxygens (including phenoxy) is 4. The minimum Gasteiger partial charge on any atom is -0.462 e. The minimum absolute atomic E-state index is 0.0847. The second-order valence-electron chi connectivity index (χ2n) is 26.3. The molecule has 5 unspecified atom stereocenters. The molecule has 0 fully saturated rings. The van der Waals surface area contributed by atoms with Gasteiger partial charge in [0.25, 0.3) is 0 Å². The molecule has 0 bridgehead atoms. The van der Waals surface area contributed by atoms with Crippen LogP contribution in [0.15, 0.2) is 72.9 Å². The molecule has 0 rings (SSSR count). The zero-order valence-electron chi connectivity index (χ0n) is 62.2. The van der Waals surface area contributed by atoms with Crippen LogP contribution in [0.4, 0.5) is 0 Å². The first kappa shape index (κ1) is 94.5. The van der Waals surface area contributed by atoms with Gasteiger partial charge in [0.2, 0.25) is 0 Å². The van der Waals surface area contributed by atoms with Gasteiger partial charge in [-0.15, -0.1) is 0 Å². The SMILES string of the molecule is CC/C=C\C/C=C\C/C=C\CCCCCCCCCC(=O)OCC(COP(=O)(O)OCC(O)COP(=O)(O)OCC(COC(=O)CCCCCCC/C=C\CCCCCCCC)OC(=O)CCCCCCC/C=C\CCCCCC)OC(=O)CCCCCCC/C=C\CCCCCC. The predicted molar refractivity (Wildman–Crippen MR) is 400 cm³/mol. The number of phosphoric ester groups is 2. The fourth-order valence-corrected chi connectivity index (χ4v) is 12.2. The van der Waals surface area contributed by atoms with Gasteiger partial charge in [-0.25, -0.2) is 9.13 Å². The fourth-order valence-electron chi connectivity index (χ4n) is 10.6. The molecule has 0 spiro atoms. The van der Waals surface area contributed by atoms with Gasteiger partial charge in [-0.05, 0) is 135 Å². The van der Waals surface area contributed by atoms with E-state index in [2.05, 4.69) is 101 Å². The Kier molecular flexibility index (Phi) is 69.3. The lowest BCUT2D eigenvalue weighted by Gasteiger charge is -2.21. The zero-order chi connectivity index (χ0) is 71.8. The molecule has 0 aromatic carbocycles. The van der Waals surface area contributed by atoms with Gasteiger partial charge in [0.05, 0.1) is 26.4 Å². The second kappa shape index (κ2) is 71.9. The monoisotopic (exact) mass is 1420 g/mol. The molecule has 19 heteroatoms. The Morgan fingerprint density at radius 2 is 0.531 bits per heavy atom. The van der Waals surface area contributed by atoms with Crippen molar-refractivity contribution in [2.24, 2.45) is 0 Å². The Balaban J connectivity index is 5.33. The minimum atomic E-state index is -4.97. The third-order valence-corrected chi connectivity index (χ3v) is 18.5. The van der Waals surface area contributed by atoms with Crippen LogP contribution in [-0.4, -0.2) is 96.7 Å². The van der Waals surface area contributed by atoms with Gasteiger partial charge < -0.3 is 33.8 Å². The number of hydrogen-bond donors (Lipinski definition) is 3. The van der Waals surface area contributed by atoms with Crippen molar-refractivity contribution in [1.29, 1.82) is 0 Å². The standard InChI is InChI=1S/C79H142O17P2/c1-5-9-13-17-21-25-29-33-35-36-38-42-44-48-52-56-60-64-77(82)90-70-75(96-79(84)66-62-58-54-50-46-40-32-28-24-20-16-12-8-4)72-94-98(87,88)92-68-73(80)67-91-97(85,86)93-71-74(95-78(83)65-61-57-53-49-45-39-31-27-23-19-15-11-7-3)69-89-76(81)63-59-55-51-47-43-41-37-34-30-26-22-18-14-10-6-2/h9,13,21,25,27-28,31-35,37,73-75,80H,5-8,10-12,14-20,22-24,26,29-30,36,38-72H2,1-4H3,(H,85,86)(H,87,88)/b13-9-,25-21-,31-27-,32-28-,35-33-,37-34-. The molecule has 570 valence electrons. The molecule has 17 nitrogen and oxygen atoms in total. The van der Waals surface area contributed by atoms with Crippen molar-refractivity contribution in [1.82, 2.24) is 0 Å². The maximum absolute atomic E-state index is 13.1. The third kappa shape index (κ3) is 70.9. The zero-order valence-corrected chi connectivity index (χ0v) is 64.0. The van der Waals surface area contributed by atoms with Crippen LogP contribution in [-0.2, 0) is 65.4 Å². The highest BCUT2D eigenvalue weighted by molar-refractivity contribution is 7.47. The molecule has 0 saturated heterocycles. The van der Waals surface area contributed by atoms with Crippen molar-refractivity contribution < 1.29 is 80.2 Å². The highest BCUT2D eigenvalue weighted by atomic mass is 31.2. The summed E-state index contributed by atoms with van der Waals surface area (Å²) in [7, 11) is -9.95. The van der Waals surface area contributed by atoms with Crippen molar-refractivity contribution in [3.8, 4) is 0 Å². The normalized spacial score (nSPS) is 14.3. The van der Waals surface area contributed by atoms with Gasteiger partial charge in [-0.2, -0.15) is 0 Å². The molecular formula is C79H142O17P2. The lowest BCUT2D eigenvalue weighted by atomic mass is 10.1.